The maximum atomic E-state index is 11.9. The third kappa shape index (κ3) is 7.45. The molecule has 0 saturated carbocycles. The maximum Gasteiger partial charge on any atom is 0.338 e. The first-order valence-electron chi connectivity index (χ1n) is 8.47. The van der Waals surface area contributed by atoms with E-state index in [1.54, 1.807) is 48.5 Å². The topological polar surface area (TPSA) is 52.6 Å². The van der Waals surface area contributed by atoms with Crippen molar-refractivity contribution in [3.05, 3.63) is 81.4 Å². The van der Waals surface area contributed by atoms with Crippen molar-refractivity contribution in [2.45, 2.75) is 19.8 Å². The molecule has 142 valence electrons. The summed E-state index contributed by atoms with van der Waals surface area (Å²) in [5.74, 6) is -0.758. The van der Waals surface area contributed by atoms with Crippen molar-refractivity contribution in [1.82, 2.24) is 0 Å². The molecule has 0 spiro atoms. The number of esters is 2. The van der Waals surface area contributed by atoms with Gasteiger partial charge in [0.15, 0.2) is 0 Å². The second-order valence-electron chi connectivity index (χ2n) is 5.87. The number of carbonyl (C=O) groups is 2. The molecule has 0 saturated heterocycles. The third-order valence-electron chi connectivity index (χ3n) is 3.73. The summed E-state index contributed by atoms with van der Waals surface area (Å²) >= 11 is 11.6. The summed E-state index contributed by atoms with van der Waals surface area (Å²) in [6, 6.07) is 13.1. The Bertz CT molecular complexity index is 796. The molecule has 2 rings (SSSR count). The lowest BCUT2D eigenvalue weighted by molar-refractivity contribution is 0.0497. The van der Waals surface area contributed by atoms with Crippen molar-refractivity contribution in [3.63, 3.8) is 0 Å². The molecule has 0 aliphatic heterocycles. The molecule has 0 unspecified atom stereocenters. The predicted molar refractivity (Wildman–Crippen MR) is 106 cm³/mol. The zero-order chi connectivity index (χ0) is 19.6. The Kier molecular flexibility index (Phi) is 8.37. The molecule has 2 aromatic rings. The van der Waals surface area contributed by atoms with Crippen molar-refractivity contribution in [1.29, 1.82) is 0 Å². The van der Waals surface area contributed by atoms with Crippen LogP contribution in [0, 0.1) is 0 Å². The summed E-state index contributed by atoms with van der Waals surface area (Å²) in [5.41, 5.74) is 1.99. The molecule has 0 fully saturated rings. The van der Waals surface area contributed by atoms with Gasteiger partial charge in [-0.05, 0) is 61.9 Å². The van der Waals surface area contributed by atoms with Crippen LogP contribution in [0.5, 0.6) is 0 Å². The lowest BCUT2D eigenvalue weighted by Crippen LogP contribution is -2.07. The second kappa shape index (κ2) is 10.8. The Labute approximate surface area is 168 Å². The lowest BCUT2D eigenvalue weighted by atomic mass is 10.2. The normalized spacial score (nSPS) is 11.1. The van der Waals surface area contributed by atoms with Crippen LogP contribution in [0.1, 0.15) is 40.5 Å². The van der Waals surface area contributed by atoms with E-state index in [1.165, 1.54) is 0 Å². The highest BCUT2D eigenvalue weighted by Gasteiger charge is 2.07. The number of rotatable bonds is 8. The van der Waals surface area contributed by atoms with E-state index in [9.17, 15) is 9.59 Å². The number of ether oxygens (including phenoxy) is 2. The highest BCUT2D eigenvalue weighted by atomic mass is 35.5. The zero-order valence-electron chi connectivity index (χ0n) is 14.9. The van der Waals surface area contributed by atoms with Gasteiger partial charge in [-0.1, -0.05) is 34.9 Å². The fourth-order valence-electron chi connectivity index (χ4n) is 2.20. The maximum absolute atomic E-state index is 11.9. The quantitative estimate of drug-likeness (QED) is 0.318. The van der Waals surface area contributed by atoms with Crippen LogP contribution in [0.2, 0.25) is 10.0 Å². The van der Waals surface area contributed by atoms with Crippen molar-refractivity contribution in [2.75, 3.05) is 13.2 Å². The molecule has 0 aromatic heterocycles. The minimum Gasteiger partial charge on any atom is -0.462 e. The van der Waals surface area contributed by atoms with E-state index < -0.39 is 0 Å². The molecule has 0 bridgehead atoms. The zero-order valence-corrected chi connectivity index (χ0v) is 16.4. The highest BCUT2D eigenvalue weighted by Crippen LogP contribution is 2.12. The van der Waals surface area contributed by atoms with E-state index >= 15 is 0 Å². The molecule has 0 heterocycles. The molecule has 4 nitrogen and oxygen atoms in total. The van der Waals surface area contributed by atoms with Gasteiger partial charge in [-0.25, -0.2) is 9.59 Å². The fourth-order valence-corrected chi connectivity index (χ4v) is 2.45. The first-order valence-corrected chi connectivity index (χ1v) is 9.22. The van der Waals surface area contributed by atoms with E-state index in [-0.39, 0.29) is 25.2 Å². The summed E-state index contributed by atoms with van der Waals surface area (Å²) in [4.78, 5) is 23.7. The van der Waals surface area contributed by atoms with Gasteiger partial charge < -0.3 is 9.47 Å². The van der Waals surface area contributed by atoms with Gasteiger partial charge in [0.2, 0.25) is 0 Å². The Hall–Kier alpha value is -2.30. The van der Waals surface area contributed by atoms with Crippen LogP contribution >= 0.6 is 23.2 Å². The van der Waals surface area contributed by atoms with Crippen LogP contribution in [-0.2, 0) is 9.47 Å². The summed E-state index contributed by atoms with van der Waals surface area (Å²) in [6.45, 7) is 2.51. The Morgan fingerprint density at radius 1 is 0.815 bits per heavy atom. The van der Waals surface area contributed by atoms with E-state index in [0.717, 1.165) is 5.57 Å². The Morgan fingerprint density at radius 3 is 1.74 bits per heavy atom. The molecule has 0 aliphatic rings. The van der Waals surface area contributed by atoms with Gasteiger partial charge in [0.1, 0.15) is 0 Å². The molecule has 27 heavy (non-hydrogen) atoms. The Balaban J connectivity index is 1.65. The molecular weight excluding hydrogens is 387 g/mol. The minimum atomic E-state index is -0.380. The van der Waals surface area contributed by atoms with E-state index in [1.807, 2.05) is 13.0 Å². The lowest BCUT2D eigenvalue weighted by Gasteiger charge is -2.06. The summed E-state index contributed by atoms with van der Waals surface area (Å²) < 4.78 is 10.4. The van der Waals surface area contributed by atoms with Crippen LogP contribution in [0.3, 0.4) is 0 Å². The van der Waals surface area contributed by atoms with Crippen LogP contribution in [0.4, 0.5) is 0 Å². The number of halogens is 2. The van der Waals surface area contributed by atoms with Crippen LogP contribution < -0.4 is 0 Å². The summed E-state index contributed by atoms with van der Waals surface area (Å²) in [6.07, 6.45) is 3.17. The molecule has 0 aliphatic carbocycles. The molecule has 0 atom stereocenters. The first-order chi connectivity index (χ1) is 13.0. The van der Waals surface area contributed by atoms with Gasteiger partial charge in [-0.15, -0.1) is 0 Å². The molecule has 2 aromatic carbocycles. The van der Waals surface area contributed by atoms with E-state index in [4.69, 9.17) is 32.7 Å². The number of benzene rings is 2. The number of hydrogen-bond donors (Lipinski definition) is 0. The number of carbonyl (C=O) groups excluding carboxylic acids is 2. The third-order valence-corrected chi connectivity index (χ3v) is 4.24. The molecule has 0 amide bonds. The number of hydrogen-bond acceptors (Lipinski definition) is 4. The van der Waals surface area contributed by atoms with Gasteiger partial charge in [-0.3, -0.25) is 0 Å². The largest absolute Gasteiger partial charge is 0.462 e. The fraction of sp³-hybridized carbons (Fsp3) is 0.238. The van der Waals surface area contributed by atoms with Gasteiger partial charge in [-0.2, -0.15) is 0 Å². The summed E-state index contributed by atoms with van der Waals surface area (Å²) in [5, 5.41) is 1.14. The second-order valence-corrected chi connectivity index (χ2v) is 6.75. The average molecular weight is 407 g/mol. The molecular formula is C21H20Cl2O4. The van der Waals surface area contributed by atoms with Crippen molar-refractivity contribution in [3.8, 4) is 0 Å². The van der Waals surface area contributed by atoms with Gasteiger partial charge in [0.25, 0.3) is 0 Å². The van der Waals surface area contributed by atoms with E-state index in [0.29, 0.717) is 34.0 Å². The molecule has 6 heteroatoms. The van der Waals surface area contributed by atoms with E-state index in [2.05, 4.69) is 0 Å². The monoisotopic (exact) mass is 406 g/mol. The van der Waals surface area contributed by atoms with Gasteiger partial charge in [0.05, 0.1) is 24.3 Å². The first kappa shape index (κ1) is 21.0. The standard InChI is InChI=1S/C21H20Cl2O4/c1-15(12-14-27-21(25)17-6-10-19(23)11-7-17)3-2-13-26-20(24)16-4-8-18(22)9-5-16/h3-11H,2,12-14H2,1H3/b15-3+. The van der Waals surface area contributed by atoms with Crippen LogP contribution in [0.25, 0.3) is 0 Å². The molecule has 0 radical (unpaired) electrons. The Morgan fingerprint density at radius 2 is 1.26 bits per heavy atom. The average Bonchev–Trinajstić information content (AvgIpc) is 2.66. The SMILES string of the molecule is C/C(=C\CCOC(=O)c1ccc(Cl)cc1)CCOC(=O)c1ccc(Cl)cc1. The minimum absolute atomic E-state index is 0.281. The van der Waals surface area contributed by atoms with Crippen molar-refractivity contribution >= 4 is 35.1 Å². The van der Waals surface area contributed by atoms with Crippen LogP contribution in [-0.4, -0.2) is 25.2 Å². The highest BCUT2D eigenvalue weighted by molar-refractivity contribution is 6.30. The molecule has 0 N–H and O–H groups in total. The van der Waals surface area contributed by atoms with Gasteiger partial charge >= 0.3 is 11.9 Å². The predicted octanol–water partition coefficient (Wildman–Crippen LogP) is 5.73. The van der Waals surface area contributed by atoms with Crippen molar-refractivity contribution < 1.29 is 19.1 Å². The van der Waals surface area contributed by atoms with Crippen LogP contribution in [0.15, 0.2) is 60.2 Å². The smallest absolute Gasteiger partial charge is 0.338 e. The van der Waals surface area contributed by atoms with Gasteiger partial charge in [0, 0.05) is 16.5 Å². The van der Waals surface area contributed by atoms with Crippen molar-refractivity contribution in [2.24, 2.45) is 0 Å². The summed E-state index contributed by atoms with van der Waals surface area (Å²) in [7, 11) is 0.